The summed E-state index contributed by atoms with van der Waals surface area (Å²) in [5.74, 6) is -2.98. The fraction of sp³-hybridized carbons (Fsp3) is 0.625. The molecule has 0 aliphatic rings. The molecule has 0 unspecified atom stereocenters. The highest BCUT2D eigenvalue weighted by molar-refractivity contribution is 5.88. The van der Waals surface area contributed by atoms with Crippen LogP contribution in [0.1, 0.15) is 19.3 Å². The molecule has 86 valence electrons. The van der Waals surface area contributed by atoms with Gasteiger partial charge in [0, 0.05) is 6.42 Å². The van der Waals surface area contributed by atoms with Crippen molar-refractivity contribution in [2.45, 2.75) is 25.3 Å². The standard InChI is InChI=1S/C8H14N2O5/c9-3-1-2-6(11)15-7(12)4-5(10)8(13)14/h5H,1-4,9-10H2,(H,13,14)/t5-/m0/s1. The third kappa shape index (κ3) is 6.58. The Kier molecular flexibility index (Phi) is 6.23. The molecule has 0 rings (SSSR count). The molecule has 0 heterocycles. The Morgan fingerprint density at radius 3 is 2.33 bits per heavy atom. The highest BCUT2D eigenvalue weighted by atomic mass is 16.6. The second-order valence-electron chi connectivity index (χ2n) is 2.89. The van der Waals surface area contributed by atoms with Gasteiger partial charge in [0.1, 0.15) is 6.04 Å². The van der Waals surface area contributed by atoms with Gasteiger partial charge in [0.25, 0.3) is 0 Å². The van der Waals surface area contributed by atoms with Crippen molar-refractivity contribution < 1.29 is 24.2 Å². The Morgan fingerprint density at radius 2 is 1.87 bits per heavy atom. The van der Waals surface area contributed by atoms with Crippen LogP contribution in [0.3, 0.4) is 0 Å². The van der Waals surface area contributed by atoms with E-state index in [2.05, 4.69) is 4.74 Å². The fourth-order valence-corrected chi connectivity index (χ4v) is 0.733. The van der Waals surface area contributed by atoms with E-state index < -0.39 is 30.4 Å². The van der Waals surface area contributed by atoms with Crippen molar-refractivity contribution in [3.8, 4) is 0 Å². The van der Waals surface area contributed by atoms with Crippen LogP contribution >= 0.6 is 0 Å². The van der Waals surface area contributed by atoms with Gasteiger partial charge >= 0.3 is 17.9 Å². The summed E-state index contributed by atoms with van der Waals surface area (Å²) in [6, 6.07) is -1.35. The summed E-state index contributed by atoms with van der Waals surface area (Å²) in [7, 11) is 0. The van der Waals surface area contributed by atoms with E-state index in [1.54, 1.807) is 0 Å². The van der Waals surface area contributed by atoms with Crippen LogP contribution < -0.4 is 11.5 Å². The smallest absolute Gasteiger partial charge is 0.321 e. The molecule has 7 heteroatoms. The minimum absolute atomic E-state index is 0.0323. The average molecular weight is 218 g/mol. The molecule has 0 aliphatic heterocycles. The lowest BCUT2D eigenvalue weighted by Gasteiger charge is -2.05. The molecule has 0 spiro atoms. The number of carbonyl (C=O) groups is 3. The number of hydrogen-bond donors (Lipinski definition) is 3. The topological polar surface area (TPSA) is 133 Å². The van der Waals surface area contributed by atoms with Gasteiger partial charge < -0.3 is 21.3 Å². The number of carbonyl (C=O) groups excluding carboxylic acids is 2. The van der Waals surface area contributed by atoms with Gasteiger partial charge in [0.05, 0.1) is 6.42 Å². The Morgan fingerprint density at radius 1 is 1.27 bits per heavy atom. The molecule has 15 heavy (non-hydrogen) atoms. The van der Waals surface area contributed by atoms with Crippen LogP contribution in [0.25, 0.3) is 0 Å². The lowest BCUT2D eigenvalue weighted by atomic mass is 10.2. The second-order valence-corrected chi connectivity index (χ2v) is 2.89. The van der Waals surface area contributed by atoms with Gasteiger partial charge in [-0.1, -0.05) is 0 Å². The van der Waals surface area contributed by atoms with E-state index in [4.69, 9.17) is 16.6 Å². The third-order valence-corrected chi connectivity index (χ3v) is 1.52. The molecule has 5 N–H and O–H groups in total. The van der Waals surface area contributed by atoms with E-state index in [1.807, 2.05) is 0 Å². The maximum atomic E-state index is 10.9. The first kappa shape index (κ1) is 13.5. The summed E-state index contributed by atoms with van der Waals surface area (Å²) < 4.78 is 4.30. The van der Waals surface area contributed by atoms with Gasteiger partial charge in [-0.2, -0.15) is 0 Å². The van der Waals surface area contributed by atoms with Gasteiger partial charge in [-0.3, -0.25) is 14.4 Å². The molecular formula is C8H14N2O5. The first-order chi connectivity index (χ1) is 6.97. The molecule has 0 aromatic heterocycles. The summed E-state index contributed by atoms with van der Waals surface area (Å²) in [5, 5.41) is 8.37. The molecule has 0 radical (unpaired) electrons. The van der Waals surface area contributed by atoms with Crippen LogP contribution in [0, 0.1) is 0 Å². The summed E-state index contributed by atoms with van der Waals surface area (Å²) in [6.07, 6.45) is -0.0780. The fourth-order valence-electron chi connectivity index (χ4n) is 0.733. The average Bonchev–Trinajstić information content (AvgIpc) is 2.14. The lowest BCUT2D eigenvalue weighted by Crippen LogP contribution is -2.33. The molecule has 0 fully saturated rings. The Labute approximate surface area is 86.4 Å². The van der Waals surface area contributed by atoms with E-state index in [-0.39, 0.29) is 6.42 Å². The number of aliphatic carboxylic acids is 1. The summed E-state index contributed by atoms with van der Waals surface area (Å²) >= 11 is 0. The van der Waals surface area contributed by atoms with Crippen LogP contribution in [-0.2, 0) is 19.1 Å². The van der Waals surface area contributed by atoms with E-state index >= 15 is 0 Å². The summed E-state index contributed by atoms with van der Waals surface area (Å²) in [4.78, 5) is 32.0. The van der Waals surface area contributed by atoms with E-state index in [0.29, 0.717) is 13.0 Å². The molecule has 0 amide bonds. The zero-order valence-corrected chi connectivity index (χ0v) is 8.14. The van der Waals surface area contributed by atoms with Crippen molar-refractivity contribution in [2.75, 3.05) is 6.54 Å². The number of nitrogens with two attached hydrogens (primary N) is 2. The van der Waals surface area contributed by atoms with Gasteiger partial charge in [-0.15, -0.1) is 0 Å². The SMILES string of the molecule is NCCCC(=O)OC(=O)C[C@H](N)C(=O)O. The van der Waals surface area contributed by atoms with Crippen molar-refractivity contribution in [2.24, 2.45) is 11.5 Å². The Hall–Kier alpha value is -1.47. The molecular weight excluding hydrogens is 204 g/mol. The zero-order chi connectivity index (χ0) is 11.8. The van der Waals surface area contributed by atoms with Crippen molar-refractivity contribution in [3.05, 3.63) is 0 Å². The van der Waals surface area contributed by atoms with Crippen LogP contribution in [0.15, 0.2) is 0 Å². The zero-order valence-electron chi connectivity index (χ0n) is 8.14. The second kappa shape index (κ2) is 6.91. The number of rotatable bonds is 6. The summed E-state index contributed by atoms with van der Waals surface area (Å²) in [6.45, 7) is 0.317. The van der Waals surface area contributed by atoms with E-state index in [1.165, 1.54) is 0 Å². The minimum atomic E-state index is -1.35. The number of carboxylic acid groups (broad SMARTS) is 1. The molecule has 0 aromatic carbocycles. The van der Waals surface area contributed by atoms with Gasteiger partial charge in [-0.05, 0) is 13.0 Å². The normalized spacial score (nSPS) is 11.9. The van der Waals surface area contributed by atoms with Crippen LogP contribution in [0.4, 0.5) is 0 Å². The highest BCUT2D eigenvalue weighted by Crippen LogP contribution is 1.96. The molecule has 1 atom stereocenters. The van der Waals surface area contributed by atoms with Gasteiger partial charge in [-0.25, -0.2) is 0 Å². The van der Waals surface area contributed by atoms with Crippen LogP contribution in [0.5, 0.6) is 0 Å². The predicted octanol–water partition coefficient (Wildman–Crippen LogP) is -1.40. The number of ether oxygens (including phenoxy) is 1. The Bertz CT molecular complexity index is 253. The molecule has 7 nitrogen and oxygen atoms in total. The molecule has 0 saturated heterocycles. The highest BCUT2D eigenvalue weighted by Gasteiger charge is 2.19. The molecule has 0 aliphatic carbocycles. The maximum absolute atomic E-state index is 10.9. The maximum Gasteiger partial charge on any atom is 0.321 e. The largest absolute Gasteiger partial charge is 0.480 e. The van der Waals surface area contributed by atoms with Gasteiger partial charge in [0.2, 0.25) is 0 Å². The van der Waals surface area contributed by atoms with Crippen molar-refractivity contribution in [1.29, 1.82) is 0 Å². The van der Waals surface area contributed by atoms with Gasteiger partial charge in [0.15, 0.2) is 0 Å². The molecule has 0 aromatic rings. The van der Waals surface area contributed by atoms with Crippen molar-refractivity contribution in [3.63, 3.8) is 0 Å². The molecule has 0 saturated carbocycles. The first-order valence-electron chi connectivity index (χ1n) is 4.39. The number of carboxylic acids is 1. The van der Waals surface area contributed by atoms with E-state index in [0.717, 1.165) is 0 Å². The lowest BCUT2D eigenvalue weighted by molar-refractivity contribution is -0.161. The van der Waals surface area contributed by atoms with Crippen molar-refractivity contribution in [1.82, 2.24) is 0 Å². The van der Waals surface area contributed by atoms with Crippen LogP contribution in [-0.4, -0.2) is 35.6 Å². The molecule has 0 bridgehead atoms. The Balaban J connectivity index is 3.83. The minimum Gasteiger partial charge on any atom is -0.480 e. The van der Waals surface area contributed by atoms with Crippen molar-refractivity contribution >= 4 is 17.9 Å². The summed E-state index contributed by atoms with van der Waals surface area (Å²) in [5.41, 5.74) is 10.2. The first-order valence-corrected chi connectivity index (χ1v) is 4.39. The monoisotopic (exact) mass is 218 g/mol. The van der Waals surface area contributed by atoms with E-state index in [9.17, 15) is 14.4 Å². The number of hydrogen-bond acceptors (Lipinski definition) is 6. The number of esters is 2. The third-order valence-electron chi connectivity index (χ3n) is 1.52. The van der Waals surface area contributed by atoms with Crippen LogP contribution in [0.2, 0.25) is 0 Å². The predicted molar refractivity (Wildman–Crippen MR) is 49.6 cm³/mol. The quantitative estimate of drug-likeness (QED) is 0.368.